The lowest BCUT2D eigenvalue weighted by Crippen LogP contribution is -2.34. The standard InChI is InChI=1S/C26H25N3O7/c1-33-19-10-8-17(9-11-19)21-14-22(23-7-4-12-35-23)29(28-21)24(30)16-36-25(31)15-27-26(32)18-5-3-6-20(13-18)34-2/h3-13,22H,14-16H2,1-2H3,(H,27,32). The molecule has 1 N–H and O–H groups in total. The zero-order chi connectivity index (χ0) is 25.5. The number of rotatable bonds is 9. The first-order chi connectivity index (χ1) is 17.5. The Hall–Kier alpha value is -4.60. The maximum Gasteiger partial charge on any atom is 0.325 e. The number of carbonyl (C=O) groups is 3. The average Bonchev–Trinajstić information content (AvgIpc) is 3.61. The molecule has 2 aromatic carbocycles. The van der Waals surface area contributed by atoms with Gasteiger partial charge in [-0.05, 0) is 60.2 Å². The van der Waals surface area contributed by atoms with Crippen LogP contribution in [0.15, 0.2) is 76.4 Å². The number of carbonyl (C=O) groups excluding carboxylic acids is 3. The van der Waals surface area contributed by atoms with Gasteiger partial charge in [0.2, 0.25) is 0 Å². The molecule has 0 radical (unpaired) electrons. The number of methoxy groups -OCH3 is 2. The monoisotopic (exact) mass is 491 g/mol. The number of ether oxygens (including phenoxy) is 3. The normalized spacial score (nSPS) is 14.7. The van der Waals surface area contributed by atoms with Crippen LogP contribution in [0.1, 0.15) is 34.1 Å². The first-order valence-electron chi connectivity index (χ1n) is 11.1. The van der Waals surface area contributed by atoms with E-state index in [0.29, 0.717) is 35.0 Å². The third-order valence-electron chi connectivity index (χ3n) is 5.54. The van der Waals surface area contributed by atoms with Gasteiger partial charge in [0.15, 0.2) is 6.61 Å². The number of furan rings is 1. The zero-order valence-electron chi connectivity index (χ0n) is 19.8. The van der Waals surface area contributed by atoms with Gasteiger partial charge in [0.25, 0.3) is 11.8 Å². The molecule has 4 rings (SSSR count). The Morgan fingerprint density at radius 2 is 1.81 bits per heavy atom. The van der Waals surface area contributed by atoms with Gasteiger partial charge in [-0.15, -0.1) is 0 Å². The number of amides is 2. The second kappa shape index (κ2) is 11.2. The number of hydrazone groups is 1. The summed E-state index contributed by atoms with van der Waals surface area (Å²) in [6, 6.07) is 16.9. The topological polar surface area (TPSA) is 120 Å². The van der Waals surface area contributed by atoms with Gasteiger partial charge in [0.1, 0.15) is 29.8 Å². The number of nitrogens with zero attached hydrogens (tertiary/aromatic N) is 2. The zero-order valence-corrected chi connectivity index (χ0v) is 19.8. The molecule has 2 amide bonds. The quantitative estimate of drug-likeness (QED) is 0.457. The van der Waals surface area contributed by atoms with Crippen molar-refractivity contribution in [3.05, 3.63) is 83.8 Å². The number of hydrogen-bond acceptors (Lipinski definition) is 8. The van der Waals surface area contributed by atoms with Crippen molar-refractivity contribution in [3.63, 3.8) is 0 Å². The summed E-state index contributed by atoms with van der Waals surface area (Å²) in [5, 5.41) is 8.22. The van der Waals surface area contributed by atoms with Gasteiger partial charge in [-0.2, -0.15) is 5.10 Å². The van der Waals surface area contributed by atoms with Gasteiger partial charge in [0, 0.05) is 12.0 Å². The molecule has 1 unspecified atom stereocenters. The van der Waals surface area contributed by atoms with E-state index in [2.05, 4.69) is 10.4 Å². The average molecular weight is 492 g/mol. The summed E-state index contributed by atoms with van der Waals surface area (Å²) < 4.78 is 20.9. The Balaban J connectivity index is 1.37. The van der Waals surface area contributed by atoms with Crippen molar-refractivity contribution >= 4 is 23.5 Å². The highest BCUT2D eigenvalue weighted by molar-refractivity contribution is 6.03. The minimum Gasteiger partial charge on any atom is -0.497 e. The molecule has 0 fully saturated rings. The number of esters is 1. The van der Waals surface area contributed by atoms with E-state index in [0.717, 1.165) is 5.56 Å². The van der Waals surface area contributed by atoms with E-state index in [1.165, 1.54) is 18.4 Å². The molecule has 0 aliphatic carbocycles. The minimum absolute atomic E-state index is 0.331. The van der Waals surface area contributed by atoms with Gasteiger partial charge in [-0.25, -0.2) is 5.01 Å². The van der Waals surface area contributed by atoms with Crippen LogP contribution in [0.3, 0.4) is 0 Å². The molecule has 10 heteroatoms. The van der Waals surface area contributed by atoms with E-state index in [9.17, 15) is 14.4 Å². The second-order valence-electron chi connectivity index (χ2n) is 7.82. The maximum atomic E-state index is 12.9. The second-order valence-corrected chi connectivity index (χ2v) is 7.82. The predicted octanol–water partition coefficient (Wildman–Crippen LogP) is 2.95. The summed E-state index contributed by atoms with van der Waals surface area (Å²) >= 11 is 0. The molecule has 36 heavy (non-hydrogen) atoms. The van der Waals surface area contributed by atoms with E-state index in [-0.39, 0.29) is 0 Å². The molecule has 1 aromatic heterocycles. The summed E-state index contributed by atoms with van der Waals surface area (Å²) in [4.78, 5) is 37.4. The minimum atomic E-state index is -0.757. The molecule has 2 heterocycles. The number of benzene rings is 2. The first kappa shape index (κ1) is 24.5. The molecule has 0 bridgehead atoms. The SMILES string of the molecule is COc1ccc(C2=NN(C(=O)COC(=O)CNC(=O)c3cccc(OC)c3)C(c3ccco3)C2)cc1. The molecule has 186 valence electrons. The van der Waals surface area contributed by atoms with Crippen LogP contribution in [-0.2, 0) is 14.3 Å². The van der Waals surface area contributed by atoms with Crippen molar-refractivity contribution in [2.45, 2.75) is 12.5 Å². The fourth-order valence-electron chi connectivity index (χ4n) is 3.68. The highest BCUT2D eigenvalue weighted by Crippen LogP contribution is 2.33. The summed E-state index contributed by atoms with van der Waals surface area (Å²) in [6.07, 6.45) is 1.95. The molecule has 1 aliphatic rings. The summed E-state index contributed by atoms with van der Waals surface area (Å²) in [5.74, 6) is 0.0382. The molecule has 3 aromatic rings. The number of nitrogens with one attached hydrogen (secondary N) is 1. The Morgan fingerprint density at radius 1 is 1.03 bits per heavy atom. The number of hydrogen-bond donors (Lipinski definition) is 1. The maximum absolute atomic E-state index is 12.9. The van der Waals surface area contributed by atoms with E-state index in [4.69, 9.17) is 18.6 Å². The Kier molecular flexibility index (Phi) is 7.64. The first-order valence-corrected chi connectivity index (χ1v) is 11.1. The van der Waals surface area contributed by atoms with E-state index in [1.54, 1.807) is 43.5 Å². The van der Waals surface area contributed by atoms with Crippen LogP contribution in [0.5, 0.6) is 11.5 Å². The Bertz CT molecular complexity index is 1250. The van der Waals surface area contributed by atoms with E-state index in [1.807, 2.05) is 24.3 Å². The third kappa shape index (κ3) is 5.72. The Morgan fingerprint density at radius 3 is 2.50 bits per heavy atom. The lowest BCUT2D eigenvalue weighted by molar-refractivity contribution is -0.152. The van der Waals surface area contributed by atoms with Crippen molar-refractivity contribution in [2.75, 3.05) is 27.4 Å². The van der Waals surface area contributed by atoms with Gasteiger partial charge >= 0.3 is 5.97 Å². The van der Waals surface area contributed by atoms with Gasteiger partial charge in [-0.1, -0.05) is 6.07 Å². The third-order valence-corrected chi connectivity index (χ3v) is 5.54. The van der Waals surface area contributed by atoms with Crippen LogP contribution in [0.4, 0.5) is 0 Å². The van der Waals surface area contributed by atoms with Gasteiger partial charge in [-0.3, -0.25) is 14.4 Å². The van der Waals surface area contributed by atoms with Crippen LogP contribution in [-0.4, -0.2) is 55.9 Å². The van der Waals surface area contributed by atoms with Crippen LogP contribution in [0.25, 0.3) is 0 Å². The van der Waals surface area contributed by atoms with Crippen LogP contribution in [0, 0.1) is 0 Å². The Labute approximate surface area is 207 Å². The summed E-state index contributed by atoms with van der Waals surface area (Å²) in [7, 11) is 3.08. The lowest BCUT2D eigenvalue weighted by atomic mass is 10.0. The molecule has 1 aliphatic heterocycles. The van der Waals surface area contributed by atoms with Gasteiger partial charge < -0.3 is 23.9 Å². The molecular weight excluding hydrogens is 466 g/mol. The van der Waals surface area contributed by atoms with Crippen molar-refractivity contribution in [1.29, 1.82) is 0 Å². The van der Waals surface area contributed by atoms with Crippen molar-refractivity contribution in [2.24, 2.45) is 5.10 Å². The molecule has 0 spiro atoms. The highest BCUT2D eigenvalue weighted by Gasteiger charge is 2.35. The van der Waals surface area contributed by atoms with Crippen molar-refractivity contribution in [1.82, 2.24) is 10.3 Å². The molecule has 0 saturated carbocycles. The van der Waals surface area contributed by atoms with E-state index < -0.39 is 37.0 Å². The molecule has 1 atom stereocenters. The van der Waals surface area contributed by atoms with Crippen molar-refractivity contribution in [3.8, 4) is 11.5 Å². The van der Waals surface area contributed by atoms with E-state index >= 15 is 0 Å². The van der Waals surface area contributed by atoms with Crippen LogP contribution >= 0.6 is 0 Å². The highest BCUT2D eigenvalue weighted by atomic mass is 16.5. The smallest absolute Gasteiger partial charge is 0.325 e. The summed E-state index contributed by atoms with van der Waals surface area (Å²) in [5.41, 5.74) is 1.85. The largest absolute Gasteiger partial charge is 0.497 e. The molecular formula is C26H25N3O7. The fraction of sp³-hybridized carbons (Fsp3) is 0.231. The van der Waals surface area contributed by atoms with Crippen LogP contribution in [0.2, 0.25) is 0 Å². The predicted molar refractivity (Wildman–Crippen MR) is 129 cm³/mol. The fourth-order valence-corrected chi connectivity index (χ4v) is 3.68. The van der Waals surface area contributed by atoms with Crippen LogP contribution < -0.4 is 14.8 Å². The van der Waals surface area contributed by atoms with Gasteiger partial charge in [0.05, 0.1) is 26.2 Å². The summed E-state index contributed by atoms with van der Waals surface area (Å²) in [6.45, 7) is -0.935. The van der Waals surface area contributed by atoms with Crippen molar-refractivity contribution < 1.29 is 33.0 Å². The molecule has 0 saturated heterocycles. The lowest BCUT2D eigenvalue weighted by Gasteiger charge is -2.19. The molecule has 10 nitrogen and oxygen atoms in total.